The third-order valence-corrected chi connectivity index (χ3v) is 8.02. The van der Waals surface area contributed by atoms with Crippen LogP contribution in [-0.2, 0) is 19.1 Å². The summed E-state index contributed by atoms with van der Waals surface area (Å²) in [5.74, 6) is -0.0745. The molecule has 0 radical (unpaired) electrons. The fourth-order valence-corrected chi connectivity index (χ4v) is 6.00. The number of rotatable bonds is 7. The lowest BCUT2D eigenvalue weighted by Gasteiger charge is -2.26. The van der Waals surface area contributed by atoms with Gasteiger partial charge in [-0.25, -0.2) is 9.79 Å². The molecule has 1 atom stereocenters. The molecule has 1 fully saturated rings. The number of hydrogen-bond donors (Lipinski definition) is 0. The number of esters is 1. The zero-order valence-corrected chi connectivity index (χ0v) is 24.5. The first kappa shape index (κ1) is 28.8. The number of fused-ring (bicyclic) bond motifs is 1. The van der Waals surface area contributed by atoms with Gasteiger partial charge in [-0.1, -0.05) is 53.3 Å². The molecule has 0 aliphatic carbocycles. The van der Waals surface area contributed by atoms with Crippen molar-refractivity contribution in [2.24, 2.45) is 4.99 Å². The molecule has 1 amide bonds. The Morgan fingerprint density at radius 2 is 1.85 bits per heavy atom. The van der Waals surface area contributed by atoms with Crippen LogP contribution in [0.5, 0.6) is 5.75 Å². The zero-order chi connectivity index (χ0) is 29.1. The maximum Gasteiger partial charge on any atom is 0.338 e. The van der Waals surface area contributed by atoms with Crippen molar-refractivity contribution in [1.82, 2.24) is 9.47 Å². The molecule has 9 nitrogen and oxygen atoms in total. The molecule has 214 valence electrons. The zero-order valence-electron chi connectivity index (χ0n) is 23.0. The number of nitrogens with zero attached hydrogens (tertiary/aromatic N) is 3. The van der Waals surface area contributed by atoms with Gasteiger partial charge in [-0.3, -0.25) is 14.2 Å². The van der Waals surface area contributed by atoms with E-state index < -0.39 is 12.0 Å². The molecule has 3 heterocycles. The van der Waals surface area contributed by atoms with Crippen molar-refractivity contribution in [3.8, 4) is 5.75 Å². The summed E-state index contributed by atoms with van der Waals surface area (Å²) < 4.78 is 18.4. The minimum atomic E-state index is -0.784. The van der Waals surface area contributed by atoms with Crippen molar-refractivity contribution in [3.63, 3.8) is 0 Å². The predicted molar refractivity (Wildman–Crippen MR) is 156 cm³/mol. The minimum Gasteiger partial charge on any atom is -0.484 e. The Balaban J connectivity index is 1.45. The largest absolute Gasteiger partial charge is 0.484 e. The molecule has 3 aromatic rings. The van der Waals surface area contributed by atoms with Crippen LogP contribution in [0, 0.1) is 0 Å². The maximum atomic E-state index is 13.8. The van der Waals surface area contributed by atoms with E-state index >= 15 is 0 Å². The van der Waals surface area contributed by atoms with Gasteiger partial charge in [0.2, 0.25) is 0 Å². The van der Waals surface area contributed by atoms with E-state index in [1.54, 1.807) is 62.1 Å². The summed E-state index contributed by atoms with van der Waals surface area (Å²) in [5, 5.41) is 0.430. The monoisotopic (exact) mass is 595 g/mol. The number of carbonyl (C=O) groups excluding carboxylic acids is 2. The fraction of sp³-hybridized carbons (Fsp3) is 0.333. The summed E-state index contributed by atoms with van der Waals surface area (Å²) in [6.45, 7) is 7.42. The topological polar surface area (TPSA) is 99.4 Å². The Kier molecular flexibility index (Phi) is 8.72. The lowest BCUT2D eigenvalue weighted by molar-refractivity contribution is -0.143. The molecule has 1 unspecified atom stereocenters. The highest BCUT2D eigenvalue weighted by Gasteiger charge is 2.34. The van der Waals surface area contributed by atoms with Crippen LogP contribution < -0.4 is 19.6 Å². The number of halogens is 1. The molecule has 1 aromatic heterocycles. The van der Waals surface area contributed by atoms with Crippen LogP contribution in [0.1, 0.15) is 37.9 Å². The standard InChI is InChI=1S/C30H30ClN3O6S/c1-18(2)40-29(37)26-19(3)32-30-34(27(26)22-6-4-5-7-23(22)31)28(36)24(41-30)16-20-8-10-21(11-9-20)39-17-25(35)33-12-14-38-15-13-33/h4-11,16,18,27H,12-15,17H2,1-3H3. The van der Waals surface area contributed by atoms with Crippen LogP contribution in [0.4, 0.5) is 0 Å². The van der Waals surface area contributed by atoms with Crippen LogP contribution in [0.3, 0.4) is 0 Å². The number of ether oxygens (including phenoxy) is 3. The molecule has 5 rings (SSSR count). The summed E-state index contributed by atoms with van der Waals surface area (Å²) in [6.07, 6.45) is 1.42. The van der Waals surface area contributed by atoms with Crippen molar-refractivity contribution in [1.29, 1.82) is 0 Å². The van der Waals surface area contributed by atoms with Gasteiger partial charge >= 0.3 is 5.97 Å². The Hall–Kier alpha value is -3.73. The smallest absolute Gasteiger partial charge is 0.338 e. The summed E-state index contributed by atoms with van der Waals surface area (Å²) in [6, 6.07) is 13.5. The second-order valence-corrected chi connectivity index (χ2v) is 11.3. The van der Waals surface area contributed by atoms with Gasteiger partial charge in [0.15, 0.2) is 11.4 Å². The third-order valence-electron chi connectivity index (χ3n) is 6.69. The van der Waals surface area contributed by atoms with E-state index in [2.05, 4.69) is 4.99 Å². The van der Waals surface area contributed by atoms with Crippen molar-refractivity contribution in [2.75, 3.05) is 32.9 Å². The molecule has 11 heteroatoms. The van der Waals surface area contributed by atoms with Crippen molar-refractivity contribution < 1.29 is 23.8 Å². The van der Waals surface area contributed by atoms with Crippen molar-refractivity contribution >= 4 is 40.9 Å². The fourth-order valence-electron chi connectivity index (χ4n) is 4.71. The van der Waals surface area contributed by atoms with Crippen LogP contribution in [0.15, 0.2) is 69.6 Å². The molecular weight excluding hydrogens is 566 g/mol. The second kappa shape index (κ2) is 12.4. The summed E-state index contributed by atoms with van der Waals surface area (Å²) in [7, 11) is 0. The van der Waals surface area contributed by atoms with Gasteiger partial charge < -0.3 is 19.1 Å². The SMILES string of the molecule is CC1=C(C(=O)OC(C)C)C(c2ccccc2Cl)n2c(sc(=Cc3ccc(OCC(=O)N4CCOCC4)cc3)c2=O)=N1. The minimum absolute atomic E-state index is 0.0546. The van der Waals surface area contributed by atoms with E-state index in [4.69, 9.17) is 25.8 Å². The molecule has 41 heavy (non-hydrogen) atoms. The normalized spacial score (nSPS) is 17.3. The van der Waals surface area contributed by atoms with Crippen molar-refractivity contribution in [3.05, 3.63) is 95.6 Å². The Labute approximate surface area is 245 Å². The van der Waals surface area contributed by atoms with Gasteiger partial charge in [-0.15, -0.1) is 0 Å². The number of benzene rings is 2. The number of carbonyl (C=O) groups is 2. The maximum absolute atomic E-state index is 13.8. The average molecular weight is 596 g/mol. The molecular formula is C30H30ClN3O6S. The highest BCUT2D eigenvalue weighted by molar-refractivity contribution is 7.07. The molecule has 0 spiro atoms. The Bertz CT molecular complexity index is 1670. The first-order valence-electron chi connectivity index (χ1n) is 13.3. The van der Waals surface area contributed by atoms with Crippen LogP contribution in [-0.4, -0.2) is 60.4 Å². The van der Waals surface area contributed by atoms with E-state index in [-0.39, 0.29) is 29.8 Å². The van der Waals surface area contributed by atoms with Gasteiger partial charge in [0, 0.05) is 18.1 Å². The van der Waals surface area contributed by atoms with Crippen LogP contribution >= 0.6 is 22.9 Å². The van der Waals surface area contributed by atoms with Gasteiger partial charge in [-0.05, 0) is 56.2 Å². The lowest BCUT2D eigenvalue weighted by Crippen LogP contribution is -2.42. The number of aromatic nitrogens is 1. The number of thiazole rings is 1. The first-order chi connectivity index (χ1) is 19.7. The summed E-state index contributed by atoms with van der Waals surface area (Å²) in [4.78, 5) is 46.2. The molecule has 2 aromatic carbocycles. The first-order valence-corrected chi connectivity index (χ1v) is 14.5. The average Bonchev–Trinajstić information content (AvgIpc) is 3.26. The second-order valence-electron chi connectivity index (χ2n) is 9.91. The summed E-state index contributed by atoms with van der Waals surface area (Å²) in [5.41, 5.74) is 1.84. The van der Waals surface area contributed by atoms with E-state index in [0.717, 1.165) is 5.56 Å². The van der Waals surface area contributed by atoms with Gasteiger partial charge in [-0.2, -0.15) is 0 Å². The van der Waals surface area contributed by atoms with Gasteiger partial charge in [0.25, 0.3) is 11.5 Å². The van der Waals surface area contributed by atoms with E-state index in [9.17, 15) is 14.4 Å². The quantitative estimate of drug-likeness (QED) is 0.389. The predicted octanol–water partition coefficient (Wildman–Crippen LogP) is 3.08. The highest BCUT2D eigenvalue weighted by atomic mass is 35.5. The lowest BCUT2D eigenvalue weighted by atomic mass is 9.96. The molecule has 2 aliphatic heterocycles. The molecule has 0 N–H and O–H groups in total. The van der Waals surface area contributed by atoms with E-state index in [0.29, 0.717) is 57.7 Å². The molecule has 1 saturated heterocycles. The third kappa shape index (κ3) is 6.29. The number of morpholine rings is 1. The van der Waals surface area contributed by atoms with E-state index in [1.165, 1.54) is 15.9 Å². The van der Waals surface area contributed by atoms with Gasteiger partial charge in [0.05, 0.1) is 35.1 Å². The Morgan fingerprint density at radius 1 is 1.15 bits per heavy atom. The number of allylic oxidation sites excluding steroid dienone is 1. The molecule has 2 aliphatic rings. The number of hydrogen-bond acceptors (Lipinski definition) is 8. The van der Waals surface area contributed by atoms with Crippen molar-refractivity contribution in [2.45, 2.75) is 32.9 Å². The van der Waals surface area contributed by atoms with E-state index in [1.807, 2.05) is 18.2 Å². The summed E-state index contributed by atoms with van der Waals surface area (Å²) >= 11 is 7.81. The van der Waals surface area contributed by atoms with Crippen LogP contribution in [0.25, 0.3) is 6.08 Å². The number of amides is 1. The Morgan fingerprint density at radius 3 is 2.54 bits per heavy atom. The highest BCUT2D eigenvalue weighted by Crippen LogP contribution is 2.34. The molecule has 0 bridgehead atoms. The van der Waals surface area contributed by atoms with Gasteiger partial charge in [0.1, 0.15) is 11.8 Å². The molecule has 0 saturated carbocycles. The van der Waals surface area contributed by atoms with Crippen LogP contribution in [0.2, 0.25) is 5.02 Å².